The van der Waals surface area contributed by atoms with Crippen molar-refractivity contribution >= 4 is 35.0 Å². The summed E-state index contributed by atoms with van der Waals surface area (Å²) in [6, 6.07) is 0. The summed E-state index contributed by atoms with van der Waals surface area (Å²) in [6.07, 6.45) is -0.00989. The van der Waals surface area contributed by atoms with E-state index in [0.29, 0.717) is 5.75 Å². The molecule has 0 aliphatic heterocycles. The predicted molar refractivity (Wildman–Crippen MR) is 63.0 cm³/mol. The quantitative estimate of drug-likeness (QED) is 0.769. The van der Waals surface area contributed by atoms with Crippen molar-refractivity contribution in [3.63, 3.8) is 0 Å². The fraction of sp³-hybridized carbons (Fsp3) is 0.444. The number of aliphatic carboxylic acids is 1. The van der Waals surface area contributed by atoms with E-state index >= 15 is 0 Å². The van der Waals surface area contributed by atoms with Gasteiger partial charge in [-0.1, -0.05) is 11.8 Å². The molecule has 1 aromatic heterocycles. The second-order valence-corrected chi connectivity index (χ2v) is 5.33. The smallest absolute Gasteiger partial charge is 0.308 e. The molecule has 1 rings (SSSR count). The van der Waals surface area contributed by atoms with Gasteiger partial charge < -0.3 is 10.4 Å². The Morgan fingerprint density at radius 1 is 1.56 bits per heavy atom. The average molecular weight is 260 g/mol. The summed E-state index contributed by atoms with van der Waals surface area (Å²) in [6.45, 7) is 1.78. The number of carbonyl (C=O) groups is 2. The molecule has 0 unspecified atom stereocenters. The Balaban J connectivity index is 2.62. The number of amides is 1. The van der Waals surface area contributed by atoms with Crippen molar-refractivity contribution < 1.29 is 14.7 Å². The molecule has 0 fully saturated rings. The Kier molecular flexibility index (Phi) is 4.75. The van der Waals surface area contributed by atoms with Gasteiger partial charge >= 0.3 is 5.97 Å². The summed E-state index contributed by atoms with van der Waals surface area (Å²) in [5.74, 6) is -0.636. The molecule has 0 saturated carbocycles. The molecule has 5 nitrogen and oxygen atoms in total. The number of rotatable bonds is 5. The van der Waals surface area contributed by atoms with Gasteiger partial charge in [0.15, 0.2) is 4.34 Å². The third kappa shape index (κ3) is 3.82. The van der Waals surface area contributed by atoms with Gasteiger partial charge in [-0.05, 0) is 6.92 Å². The first kappa shape index (κ1) is 13.0. The third-order valence-corrected chi connectivity index (χ3v) is 4.09. The molecule has 1 heterocycles. The number of nitrogens with zero attached hydrogens (tertiary/aromatic N) is 1. The molecule has 16 heavy (non-hydrogen) atoms. The second-order valence-electron chi connectivity index (χ2n) is 3.02. The molecule has 0 aliphatic rings. The number of hydrogen-bond acceptors (Lipinski definition) is 5. The number of carboxylic acid groups (broad SMARTS) is 1. The van der Waals surface area contributed by atoms with Crippen LogP contribution in [0.4, 0.5) is 0 Å². The van der Waals surface area contributed by atoms with Crippen LogP contribution >= 0.6 is 23.1 Å². The van der Waals surface area contributed by atoms with Crippen LogP contribution in [0.5, 0.6) is 0 Å². The number of thiazole rings is 1. The zero-order chi connectivity index (χ0) is 12.1. The molecule has 0 saturated heterocycles. The van der Waals surface area contributed by atoms with Gasteiger partial charge in [-0.15, -0.1) is 11.3 Å². The van der Waals surface area contributed by atoms with E-state index in [9.17, 15) is 9.59 Å². The summed E-state index contributed by atoms with van der Waals surface area (Å²) < 4.78 is 0.734. The van der Waals surface area contributed by atoms with Gasteiger partial charge in [0.25, 0.3) is 0 Å². The highest BCUT2D eigenvalue weighted by Crippen LogP contribution is 2.27. The van der Waals surface area contributed by atoms with Crippen LogP contribution in [0.2, 0.25) is 0 Å². The Morgan fingerprint density at radius 3 is 2.81 bits per heavy atom. The normalized spacial score (nSPS) is 10.1. The van der Waals surface area contributed by atoms with Gasteiger partial charge in [-0.3, -0.25) is 9.59 Å². The molecule has 0 radical (unpaired) electrons. The molecule has 2 N–H and O–H groups in total. The summed E-state index contributed by atoms with van der Waals surface area (Å²) in [7, 11) is 1.58. The first-order valence-corrected chi connectivity index (χ1v) is 6.34. The largest absolute Gasteiger partial charge is 0.481 e. The van der Waals surface area contributed by atoms with E-state index in [4.69, 9.17) is 5.11 Å². The Bertz CT molecular complexity index is 403. The van der Waals surface area contributed by atoms with Crippen LogP contribution in [0, 0.1) is 6.92 Å². The number of aryl methyl sites for hydroxylation is 1. The lowest BCUT2D eigenvalue weighted by Crippen LogP contribution is -2.19. The summed E-state index contributed by atoms with van der Waals surface area (Å²) >= 11 is 2.65. The number of nitrogens with one attached hydrogen (secondary N) is 1. The van der Waals surface area contributed by atoms with Crippen molar-refractivity contribution in [3.8, 4) is 0 Å². The second kappa shape index (κ2) is 5.86. The predicted octanol–water partition coefficient (Wildman–Crippen LogP) is 0.917. The van der Waals surface area contributed by atoms with E-state index in [2.05, 4.69) is 10.3 Å². The Labute approximate surface area is 101 Å². The van der Waals surface area contributed by atoms with Crippen molar-refractivity contribution in [1.29, 1.82) is 0 Å². The maximum absolute atomic E-state index is 11.0. The van der Waals surface area contributed by atoms with E-state index in [1.165, 1.54) is 23.1 Å². The zero-order valence-electron chi connectivity index (χ0n) is 8.94. The molecule has 1 amide bonds. The molecule has 0 atom stereocenters. The van der Waals surface area contributed by atoms with E-state index in [-0.39, 0.29) is 12.3 Å². The summed E-state index contributed by atoms with van der Waals surface area (Å²) in [5, 5.41) is 11.2. The number of thioether (sulfide) groups is 1. The highest BCUT2D eigenvalue weighted by Gasteiger charge is 2.12. The Hall–Kier alpha value is -1.08. The van der Waals surface area contributed by atoms with Crippen LogP contribution in [0.15, 0.2) is 4.34 Å². The van der Waals surface area contributed by atoms with Gasteiger partial charge in [0.2, 0.25) is 5.91 Å². The van der Waals surface area contributed by atoms with Crippen molar-refractivity contribution in [1.82, 2.24) is 10.3 Å². The van der Waals surface area contributed by atoms with Crippen molar-refractivity contribution in [2.45, 2.75) is 17.7 Å². The zero-order valence-corrected chi connectivity index (χ0v) is 10.6. The highest BCUT2D eigenvalue weighted by molar-refractivity contribution is 8.01. The molecule has 1 aromatic rings. The maximum Gasteiger partial charge on any atom is 0.308 e. The van der Waals surface area contributed by atoms with Crippen LogP contribution in [0.3, 0.4) is 0 Å². The summed E-state index contributed by atoms with van der Waals surface area (Å²) in [5.41, 5.74) is 0.729. The topological polar surface area (TPSA) is 79.3 Å². The third-order valence-electron chi connectivity index (χ3n) is 1.79. The van der Waals surface area contributed by atoms with Gasteiger partial charge in [-0.2, -0.15) is 0 Å². The van der Waals surface area contributed by atoms with Gasteiger partial charge in [0.1, 0.15) is 0 Å². The van der Waals surface area contributed by atoms with Crippen molar-refractivity contribution in [3.05, 3.63) is 10.6 Å². The van der Waals surface area contributed by atoms with E-state index < -0.39 is 5.97 Å². The minimum Gasteiger partial charge on any atom is -0.481 e. The first-order chi connectivity index (χ1) is 7.52. The fourth-order valence-electron chi connectivity index (χ4n) is 0.964. The first-order valence-electron chi connectivity index (χ1n) is 4.54. The van der Waals surface area contributed by atoms with Gasteiger partial charge in [-0.25, -0.2) is 4.98 Å². The lowest BCUT2D eigenvalue weighted by Gasteiger charge is -1.95. The van der Waals surface area contributed by atoms with E-state index in [0.717, 1.165) is 14.9 Å². The molecular formula is C9H12N2O3S2. The van der Waals surface area contributed by atoms with Crippen LogP contribution in [0.1, 0.15) is 10.6 Å². The highest BCUT2D eigenvalue weighted by atomic mass is 32.2. The minimum atomic E-state index is -0.866. The number of carbonyl (C=O) groups excluding carboxylic acids is 1. The van der Waals surface area contributed by atoms with Crippen LogP contribution in [0.25, 0.3) is 0 Å². The number of carboxylic acids is 1. The molecule has 0 spiro atoms. The van der Waals surface area contributed by atoms with Crippen molar-refractivity contribution in [2.75, 3.05) is 12.8 Å². The van der Waals surface area contributed by atoms with Crippen molar-refractivity contribution in [2.24, 2.45) is 0 Å². The molecule has 7 heteroatoms. The lowest BCUT2D eigenvalue weighted by molar-refractivity contribution is -0.136. The molecule has 88 valence electrons. The maximum atomic E-state index is 11.0. The van der Waals surface area contributed by atoms with E-state index in [1.807, 2.05) is 0 Å². The van der Waals surface area contributed by atoms with Crippen LogP contribution in [-0.2, 0) is 16.0 Å². The molecule has 0 bridgehead atoms. The fourth-order valence-corrected chi connectivity index (χ4v) is 3.06. The SMILES string of the molecule is CNC(=O)CSc1nc(C)c(CC(=O)O)s1. The van der Waals surface area contributed by atoms with Gasteiger partial charge in [0, 0.05) is 11.9 Å². The summed E-state index contributed by atoms with van der Waals surface area (Å²) in [4.78, 5) is 26.5. The monoisotopic (exact) mass is 260 g/mol. The number of aromatic nitrogens is 1. The molecular weight excluding hydrogens is 248 g/mol. The standard InChI is InChI=1S/C9H12N2O3S2/c1-5-6(3-8(13)14)16-9(11-5)15-4-7(12)10-2/h3-4H2,1-2H3,(H,10,12)(H,13,14). The number of hydrogen-bond donors (Lipinski definition) is 2. The van der Waals surface area contributed by atoms with Gasteiger partial charge in [0.05, 0.1) is 17.9 Å². The molecule has 0 aromatic carbocycles. The average Bonchev–Trinajstić information content (AvgIpc) is 2.55. The molecule has 0 aliphatic carbocycles. The van der Waals surface area contributed by atoms with Crippen LogP contribution in [-0.4, -0.2) is 34.8 Å². The van der Waals surface area contributed by atoms with E-state index in [1.54, 1.807) is 14.0 Å². The lowest BCUT2D eigenvalue weighted by atomic mass is 10.3. The van der Waals surface area contributed by atoms with Crippen LogP contribution < -0.4 is 5.32 Å². The Morgan fingerprint density at radius 2 is 2.25 bits per heavy atom. The minimum absolute atomic E-state index is 0.00989.